The largest absolute Gasteiger partial charge is 0.391 e. The molecule has 1 atom stereocenters. The van der Waals surface area contributed by atoms with Gasteiger partial charge in [0.1, 0.15) is 0 Å². The minimum atomic E-state index is -0.448. The van der Waals surface area contributed by atoms with Crippen molar-refractivity contribution in [1.29, 1.82) is 0 Å². The van der Waals surface area contributed by atoms with E-state index in [0.717, 1.165) is 19.3 Å². The van der Waals surface area contributed by atoms with Gasteiger partial charge in [0, 0.05) is 25.5 Å². The molecule has 0 radical (unpaired) electrons. The van der Waals surface area contributed by atoms with E-state index in [2.05, 4.69) is 24.1 Å². The van der Waals surface area contributed by atoms with Crippen molar-refractivity contribution in [2.24, 2.45) is 5.92 Å². The van der Waals surface area contributed by atoms with Crippen molar-refractivity contribution in [3.63, 3.8) is 0 Å². The summed E-state index contributed by atoms with van der Waals surface area (Å²) in [6.07, 6.45) is 5.62. The second kappa shape index (κ2) is 7.94. The standard InChI is InChI=1S/C14H25N3O2/c1-4-8-17-9-7-15-13(14(17)19)16-10-12(18)11(5-2)6-3/h7,9,11-12,18H,4-6,8,10H2,1-3H3,(H,15,16). The fraction of sp³-hybridized carbons (Fsp3) is 0.714. The first-order valence-electron chi connectivity index (χ1n) is 7.11. The van der Waals surface area contributed by atoms with Gasteiger partial charge in [0.05, 0.1) is 6.10 Å². The van der Waals surface area contributed by atoms with Crippen LogP contribution in [-0.2, 0) is 6.54 Å². The highest BCUT2D eigenvalue weighted by atomic mass is 16.3. The van der Waals surface area contributed by atoms with Gasteiger partial charge in [-0.05, 0) is 12.3 Å². The van der Waals surface area contributed by atoms with Crippen LogP contribution < -0.4 is 10.9 Å². The zero-order chi connectivity index (χ0) is 14.3. The highest BCUT2D eigenvalue weighted by Gasteiger charge is 2.16. The Balaban J connectivity index is 2.68. The molecule has 0 aliphatic heterocycles. The molecule has 1 heterocycles. The molecule has 1 aromatic heterocycles. The van der Waals surface area contributed by atoms with E-state index in [0.29, 0.717) is 18.9 Å². The maximum atomic E-state index is 12.0. The van der Waals surface area contributed by atoms with Crippen LogP contribution in [0.3, 0.4) is 0 Å². The maximum absolute atomic E-state index is 12.0. The zero-order valence-electron chi connectivity index (χ0n) is 12.1. The predicted molar refractivity (Wildman–Crippen MR) is 77.4 cm³/mol. The predicted octanol–water partition coefficient (Wildman–Crippen LogP) is 1.86. The second-order valence-corrected chi connectivity index (χ2v) is 4.80. The number of aromatic nitrogens is 2. The van der Waals surface area contributed by atoms with Gasteiger partial charge in [0.15, 0.2) is 5.82 Å². The monoisotopic (exact) mass is 267 g/mol. The van der Waals surface area contributed by atoms with Gasteiger partial charge in [0.2, 0.25) is 0 Å². The van der Waals surface area contributed by atoms with Crippen LogP contribution >= 0.6 is 0 Å². The molecule has 0 amide bonds. The van der Waals surface area contributed by atoms with Gasteiger partial charge in [0.25, 0.3) is 5.56 Å². The van der Waals surface area contributed by atoms with Crippen molar-refractivity contribution in [2.75, 3.05) is 11.9 Å². The van der Waals surface area contributed by atoms with Crippen LogP contribution in [0.2, 0.25) is 0 Å². The van der Waals surface area contributed by atoms with Crippen molar-refractivity contribution in [2.45, 2.75) is 52.7 Å². The van der Waals surface area contributed by atoms with Gasteiger partial charge in [-0.25, -0.2) is 4.98 Å². The first-order valence-corrected chi connectivity index (χ1v) is 7.11. The van der Waals surface area contributed by atoms with Crippen LogP contribution in [0.1, 0.15) is 40.0 Å². The van der Waals surface area contributed by atoms with Crippen molar-refractivity contribution in [1.82, 2.24) is 9.55 Å². The smallest absolute Gasteiger partial charge is 0.293 e. The number of aliphatic hydroxyl groups is 1. The van der Waals surface area contributed by atoms with Crippen LogP contribution in [0, 0.1) is 5.92 Å². The average molecular weight is 267 g/mol. The third-order valence-corrected chi connectivity index (χ3v) is 3.45. The number of anilines is 1. The number of hydrogen-bond acceptors (Lipinski definition) is 4. The van der Waals surface area contributed by atoms with Crippen LogP contribution in [0.4, 0.5) is 5.82 Å². The molecule has 0 aromatic carbocycles. The SMILES string of the molecule is CCCn1ccnc(NCC(O)C(CC)CC)c1=O. The van der Waals surface area contributed by atoms with E-state index < -0.39 is 6.10 Å². The zero-order valence-corrected chi connectivity index (χ0v) is 12.1. The minimum Gasteiger partial charge on any atom is -0.391 e. The lowest BCUT2D eigenvalue weighted by Crippen LogP contribution is -2.31. The van der Waals surface area contributed by atoms with Crippen molar-refractivity contribution >= 4 is 5.82 Å². The molecule has 0 saturated heterocycles. The lowest BCUT2D eigenvalue weighted by Gasteiger charge is -2.20. The lowest BCUT2D eigenvalue weighted by atomic mass is 9.97. The summed E-state index contributed by atoms with van der Waals surface area (Å²) >= 11 is 0. The van der Waals surface area contributed by atoms with Crippen molar-refractivity contribution < 1.29 is 5.11 Å². The highest BCUT2D eigenvalue weighted by Crippen LogP contribution is 2.13. The molecule has 0 aliphatic carbocycles. The molecule has 0 saturated carbocycles. The third kappa shape index (κ3) is 4.35. The first-order chi connectivity index (χ1) is 9.13. The molecule has 5 heteroatoms. The van der Waals surface area contributed by atoms with Crippen molar-refractivity contribution in [3.05, 3.63) is 22.7 Å². The van der Waals surface area contributed by atoms with E-state index in [1.165, 1.54) is 0 Å². The summed E-state index contributed by atoms with van der Waals surface area (Å²) in [7, 11) is 0. The topological polar surface area (TPSA) is 67.2 Å². The molecule has 0 aliphatic rings. The maximum Gasteiger partial charge on any atom is 0.293 e. The van der Waals surface area contributed by atoms with Crippen LogP contribution in [0.5, 0.6) is 0 Å². The normalized spacial score (nSPS) is 12.7. The van der Waals surface area contributed by atoms with Gasteiger partial charge in [-0.2, -0.15) is 0 Å². The Morgan fingerprint density at radius 2 is 2.05 bits per heavy atom. The summed E-state index contributed by atoms with van der Waals surface area (Å²) in [5, 5.41) is 13.0. The molecule has 5 nitrogen and oxygen atoms in total. The van der Waals surface area contributed by atoms with Gasteiger partial charge in [-0.15, -0.1) is 0 Å². The summed E-state index contributed by atoms with van der Waals surface area (Å²) in [6.45, 7) is 7.20. The second-order valence-electron chi connectivity index (χ2n) is 4.80. The van der Waals surface area contributed by atoms with Crippen LogP contribution in [0.15, 0.2) is 17.2 Å². The van der Waals surface area contributed by atoms with E-state index in [4.69, 9.17) is 0 Å². The Labute approximate surface area is 114 Å². The number of aryl methyl sites for hydroxylation is 1. The third-order valence-electron chi connectivity index (χ3n) is 3.45. The summed E-state index contributed by atoms with van der Waals surface area (Å²) in [5.41, 5.74) is -0.124. The quantitative estimate of drug-likeness (QED) is 0.754. The Bertz CT molecular complexity index is 427. The Morgan fingerprint density at radius 3 is 2.63 bits per heavy atom. The van der Waals surface area contributed by atoms with Crippen LogP contribution in [0.25, 0.3) is 0 Å². The Hall–Kier alpha value is -1.36. The van der Waals surface area contributed by atoms with Crippen LogP contribution in [-0.4, -0.2) is 27.3 Å². The van der Waals surface area contributed by atoms with E-state index in [-0.39, 0.29) is 11.5 Å². The molecular formula is C14H25N3O2. The first kappa shape index (κ1) is 15.7. The molecule has 19 heavy (non-hydrogen) atoms. The van der Waals surface area contributed by atoms with E-state index >= 15 is 0 Å². The average Bonchev–Trinajstić information content (AvgIpc) is 2.41. The van der Waals surface area contributed by atoms with Gasteiger partial charge in [-0.1, -0.05) is 33.6 Å². The number of nitrogens with one attached hydrogen (secondary N) is 1. The Morgan fingerprint density at radius 1 is 1.37 bits per heavy atom. The van der Waals surface area contributed by atoms with Gasteiger partial charge >= 0.3 is 0 Å². The minimum absolute atomic E-state index is 0.124. The van der Waals surface area contributed by atoms with E-state index in [1.807, 2.05) is 6.92 Å². The lowest BCUT2D eigenvalue weighted by molar-refractivity contribution is 0.114. The molecule has 0 spiro atoms. The molecule has 1 unspecified atom stereocenters. The van der Waals surface area contributed by atoms with E-state index in [1.54, 1.807) is 17.0 Å². The number of aliphatic hydroxyl groups excluding tert-OH is 1. The molecular weight excluding hydrogens is 242 g/mol. The molecule has 0 bridgehead atoms. The molecule has 0 fully saturated rings. The molecule has 108 valence electrons. The molecule has 1 rings (SSSR count). The molecule has 1 aromatic rings. The summed E-state index contributed by atoms with van der Waals surface area (Å²) in [5.74, 6) is 0.579. The fourth-order valence-electron chi connectivity index (χ4n) is 2.19. The number of rotatable bonds is 8. The number of hydrogen-bond donors (Lipinski definition) is 2. The highest BCUT2D eigenvalue weighted by molar-refractivity contribution is 5.30. The summed E-state index contributed by atoms with van der Waals surface area (Å²) < 4.78 is 1.64. The summed E-state index contributed by atoms with van der Waals surface area (Å²) in [4.78, 5) is 16.1. The Kier molecular flexibility index (Phi) is 6.56. The fourth-order valence-corrected chi connectivity index (χ4v) is 2.19. The summed E-state index contributed by atoms with van der Waals surface area (Å²) in [6, 6.07) is 0. The molecule has 2 N–H and O–H groups in total. The van der Waals surface area contributed by atoms with Gasteiger partial charge in [-0.3, -0.25) is 4.79 Å². The van der Waals surface area contributed by atoms with Gasteiger partial charge < -0.3 is 15.0 Å². The number of nitrogens with zero attached hydrogens (tertiary/aromatic N) is 2. The van der Waals surface area contributed by atoms with Crippen molar-refractivity contribution in [3.8, 4) is 0 Å². The van der Waals surface area contributed by atoms with E-state index in [9.17, 15) is 9.90 Å².